The quantitative estimate of drug-likeness (QED) is 0.101. The molecule has 588 valence electrons. The summed E-state index contributed by atoms with van der Waals surface area (Å²) in [4.78, 5) is 25.4. The summed E-state index contributed by atoms with van der Waals surface area (Å²) < 4.78 is 4.76. The molecule has 6 unspecified atom stereocenters. The lowest BCUT2D eigenvalue weighted by atomic mass is 9.77. The topological polar surface area (TPSA) is 67.9 Å². The van der Waals surface area contributed by atoms with Gasteiger partial charge in [-0.25, -0.2) is 19.9 Å². The van der Waals surface area contributed by atoms with Crippen LogP contribution in [0.25, 0.3) is 162 Å². The van der Waals surface area contributed by atoms with Gasteiger partial charge in [-0.05, 0) is 184 Å². The molecule has 6 atom stereocenters. The maximum Gasteiger partial charge on any atom is 0.160 e. The van der Waals surface area contributed by atoms with Gasteiger partial charge in [0, 0.05) is 101 Å². The highest BCUT2D eigenvalue weighted by atomic mass is 15.2. The number of para-hydroxylation sites is 4. The van der Waals surface area contributed by atoms with Gasteiger partial charge in [0.25, 0.3) is 0 Å². The minimum absolute atomic E-state index is 0.289. The Balaban J connectivity index is 0.000000143. The van der Waals surface area contributed by atoms with Crippen LogP contribution < -0.4 is 9.80 Å². The van der Waals surface area contributed by atoms with Crippen LogP contribution in [0.4, 0.5) is 17.1 Å². The molecule has 0 radical (unpaired) electrons. The van der Waals surface area contributed by atoms with Crippen LogP contribution in [0, 0.1) is 11.8 Å². The van der Waals surface area contributed by atoms with Crippen molar-refractivity contribution < 1.29 is 0 Å². The van der Waals surface area contributed by atoms with E-state index in [0.29, 0.717) is 35.7 Å². The third kappa shape index (κ3) is 13.4. The van der Waals surface area contributed by atoms with Crippen molar-refractivity contribution in [3.63, 3.8) is 0 Å². The van der Waals surface area contributed by atoms with Crippen LogP contribution in [0.1, 0.15) is 29.9 Å². The number of rotatable bonds is 14. The van der Waals surface area contributed by atoms with E-state index in [-0.39, 0.29) is 6.04 Å². The van der Waals surface area contributed by atoms with Crippen LogP contribution in [0.2, 0.25) is 0 Å². The highest BCUT2D eigenvalue weighted by molar-refractivity contribution is 6.13. The predicted molar refractivity (Wildman–Crippen MR) is 514 cm³/mol. The molecule has 8 heteroatoms. The molecule has 8 nitrogen and oxygen atoms in total. The van der Waals surface area contributed by atoms with Crippen molar-refractivity contribution >= 4 is 66.2 Å². The van der Waals surface area contributed by atoms with Gasteiger partial charge < -0.3 is 18.9 Å². The number of fused-ring (bicyclic) bond motifs is 12. The minimum Gasteiger partial charge on any atom is -0.361 e. The molecule has 19 aromatic rings. The van der Waals surface area contributed by atoms with E-state index < -0.39 is 0 Å². The molecule has 0 N–H and O–H groups in total. The monoisotopic (exact) mass is 1590 g/mol. The first-order valence-electron chi connectivity index (χ1n) is 43.2. The summed E-state index contributed by atoms with van der Waals surface area (Å²) in [6, 6.07) is 142. The standard InChI is InChI=1S/C58H46N4.C58H38N4/c1-4-16-39(17-5-1)52-38-53(60-58(59-52)40-18-6-2-7-19-40)45-22-14-20-41(34-45)42-21-15-25-47(35-42)62-55-29-13-11-27-49(55)51-37-44(31-33-57(51)62)43-30-32-56-50(36-43)48-26-10-12-28-54(48)61(56)46-23-8-3-9-24-46;1-4-14-41(15-5-1)52-38-53(60-58(59-52)43-16-6-2-7-17-43)42-26-24-39(25-27-42)40-28-32-47(33-29-40)62-55-23-13-11-21-49(55)51-37-45(31-35-57(51)62)44-30-34-56-50(36-44)48-20-10-12-22-54(48)61(56)46-18-8-3-9-19-46/h1-26,28,30-38,48-49,51,54-55,57H,27,29H2;1-38H. The zero-order valence-electron chi connectivity index (χ0n) is 68.2. The van der Waals surface area contributed by atoms with Crippen LogP contribution >= 0.6 is 0 Å². The molecule has 3 aliphatic carbocycles. The molecule has 0 amide bonds. The van der Waals surface area contributed by atoms with Gasteiger partial charge in [0.05, 0.1) is 56.9 Å². The molecule has 5 aliphatic rings. The van der Waals surface area contributed by atoms with Crippen LogP contribution in [0.15, 0.2) is 449 Å². The lowest BCUT2D eigenvalue weighted by molar-refractivity contribution is 0.400. The summed E-state index contributed by atoms with van der Waals surface area (Å²) >= 11 is 0. The van der Waals surface area contributed by atoms with E-state index in [4.69, 9.17) is 19.9 Å². The largest absolute Gasteiger partial charge is 0.361 e. The van der Waals surface area contributed by atoms with Crippen LogP contribution in [0.5, 0.6) is 0 Å². The number of hydrogen-bond donors (Lipinski definition) is 0. The summed E-state index contributed by atoms with van der Waals surface area (Å²) in [5.74, 6) is 2.74. The first-order chi connectivity index (χ1) is 61.5. The van der Waals surface area contributed by atoms with E-state index >= 15 is 0 Å². The van der Waals surface area contributed by atoms with E-state index in [2.05, 4.69) is 407 Å². The molecule has 24 rings (SSSR count). The van der Waals surface area contributed by atoms with Gasteiger partial charge in [-0.1, -0.05) is 334 Å². The summed E-state index contributed by atoms with van der Waals surface area (Å²) in [6.45, 7) is 0. The first kappa shape index (κ1) is 73.5. The number of allylic oxidation sites excluding steroid dienone is 5. The maximum atomic E-state index is 5.14. The fourth-order valence-electron chi connectivity index (χ4n) is 20.0. The molecule has 1 fully saturated rings. The number of anilines is 3. The Kier molecular flexibility index (Phi) is 18.7. The van der Waals surface area contributed by atoms with Crippen LogP contribution in [0.3, 0.4) is 0 Å². The van der Waals surface area contributed by atoms with E-state index in [1.165, 1.54) is 105 Å². The molecule has 0 saturated carbocycles. The van der Waals surface area contributed by atoms with Crippen molar-refractivity contribution in [1.82, 2.24) is 29.1 Å². The van der Waals surface area contributed by atoms with Crippen molar-refractivity contribution in [2.24, 2.45) is 11.8 Å². The molecular weight excluding hydrogens is 1510 g/mol. The van der Waals surface area contributed by atoms with Gasteiger partial charge in [-0.2, -0.15) is 0 Å². The van der Waals surface area contributed by atoms with E-state index in [9.17, 15) is 0 Å². The van der Waals surface area contributed by atoms with E-state index in [1.807, 2.05) is 60.7 Å². The van der Waals surface area contributed by atoms with Gasteiger partial charge in [0.1, 0.15) is 0 Å². The third-order valence-electron chi connectivity index (χ3n) is 25.9. The summed E-state index contributed by atoms with van der Waals surface area (Å²) in [5, 5.41) is 4.98. The number of benzene rings is 15. The average Bonchev–Trinajstić information content (AvgIpc) is 1.60. The van der Waals surface area contributed by atoms with Crippen molar-refractivity contribution in [3.8, 4) is 113 Å². The predicted octanol–water partition coefficient (Wildman–Crippen LogP) is 28.7. The van der Waals surface area contributed by atoms with Gasteiger partial charge >= 0.3 is 0 Å². The Morgan fingerprint density at radius 1 is 0.266 bits per heavy atom. The molecule has 0 bridgehead atoms. The minimum atomic E-state index is 0.289. The zero-order chi connectivity index (χ0) is 82.0. The molecule has 15 aromatic carbocycles. The fourth-order valence-corrected chi connectivity index (χ4v) is 20.0. The number of hydrogen-bond acceptors (Lipinski definition) is 6. The van der Waals surface area contributed by atoms with E-state index in [1.54, 1.807) is 0 Å². The van der Waals surface area contributed by atoms with Gasteiger partial charge in [-0.3, -0.25) is 0 Å². The SMILES string of the molecule is C1=CC2c3cc(C4=CC5C6CC=CCC6N(c6cccc(-c7cccc(-c8cc(-c9ccccc9)nc(-c9ccccc9)n8)c7)c6)C5C=C4)ccc3N(c3ccccc3)C2C=C1.c1ccc(-c2cc(-c3ccc(-c4ccc(-n5c6ccccc6c6cc(-c7ccc8c(c7)c7ccccc7n8-c7ccccc7)ccc65)cc4)cc3)nc(-c3ccccc3)n2)cc1. The highest BCUT2D eigenvalue weighted by Crippen LogP contribution is 2.52. The first-order valence-corrected chi connectivity index (χ1v) is 43.2. The van der Waals surface area contributed by atoms with Crippen molar-refractivity contribution in [2.75, 3.05) is 9.80 Å². The van der Waals surface area contributed by atoms with Gasteiger partial charge in [0.2, 0.25) is 0 Å². The second-order valence-corrected chi connectivity index (χ2v) is 33.0. The van der Waals surface area contributed by atoms with Gasteiger partial charge in [0.15, 0.2) is 11.6 Å². The molecule has 0 spiro atoms. The van der Waals surface area contributed by atoms with Crippen LogP contribution in [-0.2, 0) is 0 Å². The summed E-state index contributed by atoms with van der Waals surface area (Å²) in [7, 11) is 0. The maximum absolute atomic E-state index is 5.14. The molecule has 6 heterocycles. The molecular formula is C116H84N8. The lowest BCUT2D eigenvalue weighted by Gasteiger charge is -2.34. The molecule has 124 heavy (non-hydrogen) atoms. The van der Waals surface area contributed by atoms with Crippen molar-refractivity contribution in [2.45, 2.75) is 36.9 Å². The van der Waals surface area contributed by atoms with Crippen LogP contribution in [-0.4, -0.2) is 47.2 Å². The molecule has 4 aromatic heterocycles. The Morgan fingerprint density at radius 3 is 1.27 bits per heavy atom. The number of aromatic nitrogens is 6. The van der Waals surface area contributed by atoms with E-state index in [0.717, 1.165) is 91.6 Å². The molecule has 1 saturated heterocycles. The highest BCUT2D eigenvalue weighted by Gasteiger charge is 2.48. The third-order valence-corrected chi connectivity index (χ3v) is 25.9. The average molecular weight is 1590 g/mol. The fraction of sp³-hybridized carbons (Fsp3) is 0.0690. The van der Waals surface area contributed by atoms with Gasteiger partial charge in [-0.15, -0.1) is 0 Å². The Morgan fingerprint density at radius 2 is 0.685 bits per heavy atom. The normalized spacial score (nSPS) is 17.2. The zero-order valence-corrected chi connectivity index (χ0v) is 68.2. The van der Waals surface area contributed by atoms with Crippen molar-refractivity contribution in [3.05, 3.63) is 460 Å². The molecule has 2 aliphatic heterocycles. The lowest BCUT2D eigenvalue weighted by Crippen LogP contribution is -2.38. The number of nitrogens with zero attached hydrogens (tertiary/aromatic N) is 8. The smallest absolute Gasteiger partial charge is 0.160 e. The Bertz CT molecular complexity index is 7320. The Labute approximate surface area is 721 Å². The Hall–Kier alpha value is -15.6. The summed E-state index contributed by atoms with van der Waals surface area (Å²) in [5.41, 5.74) is 32.0. The van der Waals surface area contributed by atoms with Crippen molar-refractivity contribution in [1.29, 1.82) is 0 Å². The second-order valence-electron chi connectivity index (χ2n) is 33.0. The summed E-state index contributed by atoms with van der Waals surface area (Å²) in [6.07, 6.45) is 23.7. The second kappa shape index (κ2) is 31.5.